The third-order valence-corrected chi connectivity index (χ3v) is 4.00. The van der Waals surface area contributed by atoms with Crippen LogP contribution in [0.25, 0.3) is 11.1 Å². The number of rotatable bonds is 4. The first-order valence-electron chi connectivity index (χ1n) is 7.12. The fraction of sp³-hybridized carbons (Fsp3) is 0.294. The number of hydrogen-bond donors (Lipinski definition) is 0. The van der Waals surface area contributed by atoms with Crippen LogP contribution in [0.5, 0.6) is 11.6 Å². The van der Waals surface area contributed by atoms with Crippen molar-refractivity contribution >= 4 is 22.7 Å². The normalized spacial score (nSPS) is 20.7. The summed E-state index contributed by atoms with van der Waals surface area (Å²) >= 11 is 6.56. The molecule has 0 aromatic carbocycles. The van der Waals surface area contributed by atoms with Crippen LogP contribution in [0, 0.1) is 0 Å². The van der Waals surface area contributed by atoms with Crippen molar-refractivity contribution in [3.63, 3.8) is 0 Å². The van der Waals surface area contributed by atoms with Crippen molar-refractivity contribution in [2.24, 2.45) is 0 Å². The highest BCUT2D eigenvalue weighted by atomic mass is 35.5. The van der Waals surface area contributed by atoms with Crippen molar-refractivity contribution in [3.05, 3.63) is 48.3 Å². The Hall–Kier alpha value is -2.27. The summed E-state index contributed by atoms with van der Waals surface area (Å²) in [7, 11) is 3.19. The summed E-state index contributed by atoms with van der Waals surface area (Å²) in [4.78, 5) is 7.71. The molecule has 0 amide bonds. The molecular formula is C17H17ClN2O3. The van der Waals surface area contributed by atoms with E-state index in [1.165, 1.54) is 6.39 Å². The lowest BCUT2D eigenvalue weighted by Crippen LogP contribution is -2.17. The van der Waals surface area contributed by atoms with Gasteiger partial charge in [0, 0.05) is 17.2 Å². The van der Waals surface area contributed by atoms with E-state index in [1.54, 1.807) is 26.6 Å². The smallest absolute Gasteiger partial charge is 0.213 e. The molecule has 1 atom stereocenters. The number of allylic oxidation sites excluding steroid dienone is 4. The Morgan fingerprint density at radius 1 is 1.26 bits per heavy atom. The van der Waals surface area contributed by atoms with Gasteiger partial charge in [-0.1, -0.05) is 12.2 Å². The average molecular weight is 333 g/mol. The molecule has 1 aliphatic carbocycles. The summed E-state index contributed by atoms with van der Waals surface area (Å²) in [5, 5.41) is 0. The predicted molar refractivity (Wildman–Crippen MR) is 88.7 cm³/mol. The molecule has 1 aliphatic rings. The highest BCUT2D eigenvalue weighted by Gasteiger charge is 2.29. The molecule has 6 heteroatoms. The number of alkyl halides is 1. The van der Waals surface area contributed by atoms with Gasteiger partial charge in [0.25, 0.3) is 0 Å². The van der Waals surface area contributed by atoms with E-state index in [2.05, 4.69) is 9.97 Å². The van der Waals surface area contributed by atoms with Crippen molar-refractivity contribution in [1.82, 2.24) is 9.97 Å². The van der Waals surface area contributed by atoms with E-state index in [0.29, 0.717) is 23.8 Å². The molecular weight excluding hydrogens is 316 g/mol. The Kier molecular flexibility index (Phi) is 4.13. The van der Waals surface area contributed by atoms with Crippen molar-refractivity contribution in [1.29, 1.82) is 0 Å². The van der Waals surface area contributed by atoms with E-state index >= 15 is 0 Å². The topological polar surface area (TPSA) is 57.4 Å². The molecule has 5 nitrogen and oxygen atoms in total. The fourth-order valence-electron chi connectivity index (χ4n) is 2.61. The number of nitrogens with zero attached hydrogens (tertiary/aromatic N) is 2. The number of methoxy groups -OCH3 is 2. The van der Waals surface area contributed by atoms with Crippen LogP contribution in [-0.2, 0) is 0 Å². The van der Waals surface area contributed by atoms with Gasteiger partial charge in [-0.05, 0) is 18.9 Å². The minimum atomic E-state index is -0.486. The largest absolute Gasteiger partial charge is 0.494 e. The van der Waals surface area contributed by atoms with E-state index in [-0.39, 0.29) is 0 Å². The lowest BCUT2D eigenvalue weighted by Gasteiger charge is -2.26. The summed E-state index contributed by atoms with van der Waals surface area (Å²) in [6.07, 6.45) is 9.27. The molecule has 0 aliphatic heterocycles. The molecule has 2 aromatic heterocycles. The third-order valence-electron chi connectivity index (χ3n) is 3.74. The standard InChI is InChI=1S/C17H17ClN2O3/c1-17(18)5-4-11(15-8-19-10-23-15)13(7-17)12-6-16(22-3)20-9-14(12)21-2/h4-6,8-10H,7H2,1-3H3. The molecule has 0 fully saturated rings. The lowest BCUT2D eigenvalue weighted by molar-refractivity contribution is 0.386. The van der Waals surface area contributed by atoms with Gasteiger partial charge in [-0.25, -0.2) is 9.97 Å². The first kappa shape index (κ1) is 15.6. The predicted octanol–water partition coefficient (Wildman–Crippen LogP) is 3.96. The second-order valence-corrected chi connectivity index (χ2v) is 6.34. The van der Waals surface area contributed by atoms with Crippen LogP contribution < -0.4 is 9.47 Å². The van der Waals surface area contributed by atoms with Gasteiger partial charge in [0.15, 0.2) is 12.2 Å². The van der Waals surface area contributed by atoms with E-state index < -0.39 is 4.87 Å². The molecule has 2 aromatic rings. The van der Waals surface area contributed by atoms with E-state index in [9.17, 15) is 0 Å². The summed E-state index contributed by atoms with van der Waals surface area (Å²) < 4.78 is 16.2. The highest BCUT2D eigenvalue weighted by Crippen LogP contribution is 2.44. The van der Waals surface area contributed by atoms with Gasteiger partial charge >= 0.3 is 0 Å². The van der Waals surface area contributed by atoms with Crippen LogP contribution >= 0.6 is 11.6 Å². The van der Waals surface area contributed by atoms with Crippen LogP contribution in [0.1, 0.15) is 24.7 Å². The second-order valence-electron chi connectivity index (χ2n) is 5.47. The van der Waals surface area contributed by atoms with Gasteiger partial charge in [-0.15, -0.1) is 11.6 Å². The Morgan fingerprint density at radius 2 is 2.09 bits per heavy atom. The van der Waals surface area contributed by atoms with Gasteiger partial charge in [0.1, 0.15) is 5.75 Å². The molecule has 1 unspecified atom stereocenters. The van der Waals surface area contributed by atoms with Crippen molar-refractivity contribution in [2.75, 3.05) is 14.2 Å². The monoisotopic (exact) mass is 332 g/mol. The van der Waals surface area contributed by atoms with E-state index in [4.69, 9.17) is 25.5 Å². The highest BCUT2D eigenvalue weighted by molar-refractivity contribution is 6.26. The number of halogens is 1. The molecule has 0 saturated heterocycles. The SMILES string of the molecule is COc1cc(C2=C(c3cnco3)C=CC(C)(Cl)C2)c(OC)cn1. The lowest BCUT2D eigenvalue weighted by atomic mass is 9.85. The Labute approximate surface area is 139 Å². The van der Waals surface area contributed by atoms with Crippen molar-refractivity contribution in [2.45, 2.75) is 18.2 Å². The van der Waals surface area contributed by atoms with Crippen LogP contribution in [0.3, 0.4) is 0 Å². The zero-order valence-corrected chi connectivity index (χ0v) is 13.9. The number of pyridine rings is 1. The number of ether oxygens (including phenoxy) is 2. The molecule has 0 radical (unpaired) electrons. The average Bonchev–Trinajstić information content (AvgIpc) is 3.07. The minimum absolute atomic E-state index is 0.486. The van der Waals surface area contributed by atoms with Crippen LogP contribution in [0.15, 0.2) is 41.4 Å². The second kappa shape index (κ2) is 6.08. The Balaban J connectivity index is 2.22. The molecule has 0 saturated carbocycles. The number of aromatic nitrogens is 2. The van der Waals surface area contributed by atoms with E-state index in [1.807, 2.05) is 25.1 Å². The van der Waals surface area contributed by atoms with Gasteiger partial charge in [-0.2, -0.15) is 0 Å². The maximum Gasteiger partial charge on any atom is 0.213 e. The molecule has 120 valence electrons. The van der Waals surface area contributed by atoms with Gasteiger partial charge in [0.2, 0.25) is 5.88 Å². The molecule has 0 bridgehead atoms. The van der Waals surface area contributed by atoms with Crippen LogP contribution in [-0.4, -0.2) is 29.1 Å². The quantitative estimate of drug-likeness (QED) is 0.793. The summed E-state index contributed by atoms with van der Waals surface area (Å²) in [6.45, 7) is 1.97. The van der Waals surface area contributed by atoms with Gasteiger partial charge < -0.3 is 13.9 Å². The Bertz CT molecular complexity index is 764. The first-order chi connectivity index (χ1) is 11.0. The number of hydrogen-bond acceptors (Lipinski definition) is 5. The van der Waals surface area contributed by atoms with Gasteiger partial charge in [0.05, 0.1) is 31.5 Å². The van der Waals surface area contributed by atoms with Crippen molar-refractivity contribution in [3.8, 4) is 11.6 Å². The van der Waals surface area contributed by atoms with Crippen LogP contribution in [0.2, 0.25) is 0 Å². The zero-order chi connectivity index (χ0) is 16.4. The number of oxazole rings is 1. The molecule has 0 spiro atoms. The molecule has 2 heterocycles. The Morgan fingerprint density at radius 3 is 2.74 bits per heavy atom. The summed E-state index contributed by atoms with van der Waals surface area (Å²) in [6, 6.07) is 1.84. The molecule has 0 N–H and O–H groups in total. The van der Waals surface area contributed by atoms with Gasteiger partial charge in [-0.3, -0.25) is 0 Å². The van der Waals surface area contributed by atoms with E-state index in [0.717, 1.165) is 16.7 Å². The minimum Gasteiger partial charge on any atom is -0.494 e. The fourth-order valence-corrected chi connectivity index (χ4v) is 2.81. The summed E-state index contributed by atoms with van der Waals surface area (Å²) in [5.74, 6) is 1.85. The molecule has 3 rings (SSSR count). The first-order valence-corrected chi connectivity index (χ1v) is 7.50. The van der Waals surface area contributed by atoms with Crippen LogP contribution in [0.4, 0.5) is 0 Å². The maximum absolute atomic E-state index is 6.56. The van der Waals surface area contributed by atoms with Crippen molar-refractivity contribution < 1.29 is 13.9 Å². The third kappa shape index (κ3) is 3.10. The molecule has 23 heavy (non-hydrogen) atoms. The maximum atomic E-state index is 6.56. The zero-order valence-electron chi connectivity index (χ0n) is 13.2. The summed E-state index contributed by atoms with van der Waals surface area (Å²) in [5.41, 5.74) is 2.80.